The second-order valence-corrected chi connectivity index (χ2v) is 7.50. The van der Waals surface area contributed by atoms with Crippen LogP contribution in [0, 0.1) is 0 Å². The summed E-state index contributed by atoms with van der Waals surface area (Å²) in [5.74, 6) is -0.335. The minimum absolute atomic E-state index is 0.0939. The second-order valence-electron chi connectivity index (χ2n) is 5.53. The number of nitrogens with one attached hydrogen (secondary N) is 1. The third-order valence-electron chi connectivity index (χ3n) is 3.81. The fourth-order valence-corrected chi connectivity index (χ4v) is 3.62. The van der Waals surface area contributed by atoms with Crippen LogP contribution < -0.4 is 9.62 Å². The van der Waals surface area contributed by atoms with E-state index in [0.29, 0.717) is 16.9 Å². The molecule has 0 aliphatic heterocycles. The number of sulfonamides is 1. The first-order valence-electron chi connectivity index (χ1n) is 7.84. The molecule has 1 heterocycles. The van der Waals surface area contributed by atoms with E-state index in [-0.39, 0.29) is 10.8 Å². The summed E-state index contributed by atoms with van der Waals surface area (Å²) in [6, 6.07) is 18.1. The van der Waals surface area contributed by atoms with Crippen molar-refractivity contribution in [3.8, 4) is 0 Å². The highest BCUT2D eigenvalue weighted by molar-refractivity contribution is 7.92. The van der Waals surface area contributed by atoms with E-state index in [0.717, 1.165) is 0 Å². The Balaban J connectivity index is 1.86. The molecule has 132 valence electrons. The van der Waals surface area contributed by atoms with Gasteiger partial charge >= 0.3 is 0 Å². The van der Waals surface area contributed by atoms with Gasteiger partial charge in [-0.2, -0.15) is 0 Å². The van der Waals surface area contributed by atoms with Crippen molar-refractivity contribution in [3.05, 3.63) is 84.7 Å². The molecule has 6 nitrogen and oxygen atoms in total. The quantitative estimate of drug-likeness (QED) is 0.751. The fraction of sp³-hybridized carbons (Fsp3) is 0.0526. The van der Waals surface area contributed by atoms with E-state index in [9.17, 15) is 13.2 Å². The molecule has 0 spiro atoms. The molecule has 0 unspecified atom stereocenters. The lowest BCUT2D eigenvalue weighted by Gasteiger charge is -2.19. The third kappa shape index (κ3) is 3.73. The summed E-state index contributed by atoms with van der Waals surface area (Å²) in [5.41, 5.74) is 1.39. The van der Waals surface area contributed by atoms with E-state index in [1.165, 1.54) is 35.9 Å². The maximum atomic E-state index is 12.8. The second kappa shape index (κ2) is 7.37. The van der Waals surface area contributed by atoms with Gasteiger partial charge in [0.1, 0.15) is 0 Å². The van der Waals surface area contributed by atoms with Crippen LogP contribution in [0.5, 0.6) is 0 Å². The lowest BCUT2D eigenvalue weighted by molar-refractivity contribution is 0.102. The molecule has 1 amide bonds. The van der Waals surface area contributed by atoms with Crippen molar-refractivity contribution in [1.29, 1.82) is 0 Å². The largest absolute Gasteiger partial charge is 0.322 e. The van der Waals surface area contributed by atoms with Crippen LogP contribution in [0.1, 0.15) is 10.4 Å². The predicted octanol–water partition coefficient (Wildman–Crippen LogP) is 3.16. The molecule has 0 fully saturated rings. The molecular formula is C19H17N3O3S. The number of aromatic nitrogens is 1. The first kappa shape index (κ1) is 17.6. The molecule has 1 aromatic heterocycles. The summed E-state index contributed by atoms with van der Waals surface area (Å²) in [6.07, 6.45) is 3.04. The van der Waals surface area contributed by atoms with Crippen molar-refractivity contribution < 1.29 is 13.2 Å². The number of carbonyl (C=O) groups excluding carboxylic acids is 1. The summed E-state index contributed by atoms with van der Waals surface area (Å²) < 4.78 is 26.9. The SMILES string of the molecule is CN(c1ccccc1)S(=O)(=O)c1cccc(NC(=O)c2ccncc2)c1. The third-order valence-corrected chi connectivity index (χ3v) is 5.59. The van der Waals surface area contributed by atoms with Gasteiger partial charge in [0.25, 0.3) is 15.9 Å². The van der Waals surface area contributed by atoms with Crippen LogP contribution >= 0.6 is 0 Å². The molecule has 0 aliphatic carbocycles. The van der Waals surface area contributed by atoms with Gasteiger partial charge in [-0.05, 0) is 42.5 Å². The number of carbonyl (C=O) groups is 1. The Morgan fingerprint density at radius 3 is 2.35 bits per heavy atom. The van der Waals surface area contributed by atoms with E-state index >= 15 is 0 Å². The highest BCUT2D eigenvalue weighted by Gasteiger charge is 2.21. The van der Waals surface area contributed by atoms with Crippen molar-refractivity contribution in [1.82, 2.24) is 4.98 Å². The fourth-order valence-electron chi connectivity index (χ4n) is 2.38. The zero-order valence-corrected chi connectivity index (χ0v) is 14.8. The Bertz CT molecular complexity index is 1010. The molecule has 7 heteroatoms. The van der Waals surface area contributed by atoms with Crippen molar-refractivity contribution in [2.24, 2.45) is 0 Å². The van der Waals surface area contributed by atoms with Gasteiger partial charge in [0.15, 0.2) is 0 Å². The van der Waals surface area contributed by atoms with E-state index in [1.54, 1.807) is 48.5 Å². The minimum Gasteiger partial charge on any atom is -0.322 e. The number of anilines is 2. The zero-order chi connectivity index (χ0) is 18.6. The van der Waals surface area contributed by atoms with E-state index in [2.05, 4.69) is 10.3 Å². The van der Waals surface area contributed by atoms with Crippen molar-refractivity contribution in [2.45, 2.75) is 4.90 Å². The summed E-state index contributed by atoms with van der Waals surface area (Å²) >= 11 is 0. The molecule has 0 saturated carbocycles. The standard InChI is InChI=1S/C19H17N3O3S/c1-22(17-7-3-2-4-8-17)26(24,25)18-9-5-6-16(14-18)21-19(23)15-10-12-20-13-11-15/h2-14H,1H3,(H,21,23). The van der Waals surface area contributed by atoms with Crippen molar-refractivity contribution in [2.75, 3.05) is 16.7 Å². The number of rotatable bonds is 5. The maximum Gasteiger partial charge on any atom is 0.264 e. The lowest BCUT2D eigenvalue weighted by Crippen LogP contribution is -2.26. The number of pyridine rings is 1. The predicted molar refractivity (Wildman–Crippen MR) is 101 cm³/mol. The van der Waals surface area contributed by atoms with Gasteiger partial charge in [-0.25, -0.2) is 8.42 Å². The average molecular weight is 367 g/mol. The lowest BCUT2D eigenvalue weighted by atomic mass is 10.2. The molecule has 0 bridgehead atoms. The molecule has 3 aromatic rings. The van der Waals surface area contributed by atoms with E-state index in [4.69, 9.17) is 0 Å². The molecule has 26 heavy (non-hydrogen) atoms. The minimum atomic E-state index is -3.74. The maximum absolute atomic E-state index is 12.8. The van der Waals surface area contributed by atoms with Crippen LogP contribution in [0.25, 0.3) is 0 Å². The molecule has 3 rings (SSSR count). The van der Waals surface area contributed by atoms with Crippen LogP contribution in [-0.2, 0) is 10.0 Å². The monoisotopic (exact) mass is 367 g/mol. The van der Waals surface area contributed by atoms with Crippen molar-refractivity contribution >= 4 is 27.3 Å². The summed E-state index contributed by atoms with van der Waals surface area (Å²) in [5, 5.41) is 2.70. The summed E-state index contributed by atoms with van der Waals surface area (Å²) in [4.78, 5) is 16.2. The molecule has 2 aromatic carbocycles. The molecular weight excluding hydrogens is 350 g/mol. The van der Waals surface area contributed by atoms with Crippen LogP contribution in [0.4, 0.5) is 11.4 Å². The van der Waals surface area contributed by atoms with Crippen LogP contribution in [0.15, 0.2) is 84.0 Å². The van der Waals surface area contributed by atoms with Gasteiger partial charge in [-0.3, -0.25) is 14.1 Å². The van der Waals surface area contributed by atoms with Gasteiger partial charge in [0.05, 0.1) is 10.6 Å². The van der Waals surface area contributed by atoms with Gasteiger partial charge in [0, 0.05) is 30.7 Å². The Hall–Kier alpha value is -3.19. The van der Waals surface area contributed by atoms with Crippen LogP contribution in [0.2, 0.25) is 0 Å². The van der Waals surface area contributed by atoms with Gasteiger partial charge in [0.2, 0.25) is 0 Å². The first-order chi connectivity index (χ1) is 12.5. The normalized spacial score (nSPS) is 11.0. The number of nitrogens with zero attached hydrogens (tertiary/aromatic N) is 2. The zero-order valence-electron chi connectivity index (χ0n) is 14.0. The van der Waals surface area contributed by atoms with Gasteiger partial charge in [-0.15, -0.1) is 0 Å². The topological polar surface area (TPSA) is 79.4 Å². The number of amides is 1. The summed E-state index contributed by atoms with van der Waals surface area (Å²) in [7, 11) is -2.25. The van der Waals surface area contributed by atoms with Crippen LogP contribution in [0.3, 0.4) is 0 Å². The van der Waals surface area contributed by atoms with E-state index in [1.807, 2.05) is 6.07 Å². The molecule has 1 N–H and O–H groups in total. The molecule has 0 radical (unpaired) electrons. The molecule has 0 saturated heterocycles. The number of hydrogen-bond donors (Lipinski definition) is 1. The highest BCUT2D eigenvalue weighted by atomic mass is 32.2. The van der Waals surface area contributed by atoms with E-state index < -0.39 is 10.0 Å². The first-order valence-corrected chi connectivity index (χ1v) is 9.28. The smallest absolute Gasteiger partial charge is 0.264 e. The Morgan fingerprint density at radius 2 is 1.65 bits per heavy atom. The number of para-hydroxylation sites is 1. The van der Waals surface area contributed by atoms with Crippen LogP contribution in [-0.4, -0.2) is 26.4 Å². The Kier molecular flexibility index (Phi) is 4.99. The molecule has 0 aliphatic rings. The Labute approximate surface area is 152 Å². The highest BCUT2D eigenvalue weighted by Crippen LogP contribution is 2.23. The van der Waals surface area contributed by atoms with Gasteiger partial charge < -0.3 is 5.32 Å². The Morgan fingerprint density at radius 1 is 0.962 bits per heavy atom. The summed E-state index contributed by atoms with van der Waals surface area (Å²) in [6.45, 7) is 0. The molecule has 0 atom stereocenters. The average Bonchev–Trinajstić information content (AvgIpc) is 2.69. The number of hydrogen-bond acceptors (Lipinski definition) is 4. The van der Waals surface area contributed by atoms with Crippen molar-refractivity contribution in [3.63, 3.8) is 0 Å². The van der Waals surface area contributed by atoms with Gasteiger partial charge in [-0.1, -0.05) is 24.3 Å². The number of benzene rings is 2.